The number of piperidine rings is 3. The van der Waals surface area contributed by atoms with Crippen molar-refractivity contribution in [2.75, 3.05) is 19.6 Å². The van der Waals surface area contributed by atoms with Crippen LogP contribution in [-0.2, 0) is 12.1 Å². The van der Waals surface area contributed by atoms with Crippen LogP contribution in [0.5, 0.6) is 5.75 Å². The van der Waals surface area contributed by atoms with E-state index in [1.165, 1.54) is 12.1 Å². The van der Waals surface area contributed by atoms with Gasteiger partial charge in [-0.3, -0.25) is 0 Å². The van der Waals surface area contributed by atoms with E-state index in [9.17, 15) is 9.50 Å². The number of rotatable bonds is 7. The first-order chi connectivity index (χ1) is 17.5. The molecule has 0 spiro atoms. The Hall–Kier alpha value is -3.55. The van der Waals surface area contributed by atoms with Gasteiger partial charge in [0.05, 0.1) is 13.1 Å². The number of ether oxygens (including phenoxy) is 1. The van der Waals surface area contributed by atoms with Gasteiger partial charge in [-0.25, -0.2) is 4.39 Å². The van der Waals surface area contributed by atoms with Crippen molar-refractivity contribution < 1.29 is 23.2 Å². The second-order valence-electron chi connectivity index (χ2n) is 10.0. The summed E-state index contributed by atoms with van der Waals surface area (Å²) in [6, 6.07) is 25.1. The van der Waals surface area contributed by atoms with E-state index in [-0.39, 0.29) is 17.7 Å². The summed E-state index contributed by atoms with van der Waals surface area (Å²) in [4.78, 5) is 4.73. The molecule has 1 atom stereocenters. The first-order valence-electron chi connectivity index (χ1n) is 12.5. The van der Waals surface area contributed by atoms with Crippen LogP contribution >= 0.6 is 0 Å². The Morgan fingerprint density at radius 2 is 1.53 bits per heavy atom. The molecule has 3 aromatic carbocycles. The van der Waals surface area contributed by atoms with Crippen LogP contribution < -0.4 is 4.74 Å². The molecular formula is C29H29FN3O3+. The normalized spacial score (nSPS) is 23.5. The van der Waals surface area contributed by atoms with Gasteiger partial charge in [-0.1, -0.05) is 65.8 Å². The minimum Gasteiger partial charge on any atom is -0.484 e. The number of quaternary nitrogens is 1. The Labute approximate surface area is 209 Å². The van der Waals surface area contributed by atoms with Gasteiger partial charge in [-0.15, -0.1) is 0 Å². The number of benzene rings is 3. The van der Waals surface area contributed by atoms with Crippen molar-refractivity contribution in [2.24, 2.45) is 5.92 Å². The summed E-state index contributed by atoms with van der Waals surface area (Å²) in [5.41, 5.74) is -0.155. The van der Waals surface area contributed by atoms with Gasteiger partial charge in [0.2, 0.25) is 5.82 Å². The molecular weight excluding hydrogens is 457 g/mol. The molecule has 6 nitrogen and oxygen atoms in total. The molecule has 1 aromatic heterocycles. The number of fused-ring (bicyclic) bond motifs is 3. The van der Waals surface area contributed by atoms with E-state index in [0.29, 0.717) is 35.2 Å². The number of nitrogens with zero attached hydrogens (tertiary/aromatic N) is 3. The number of hydrogen-bond acceptors (Lipinski definition) is 5. The SMILES string of the molecule is OC(c1ccccc1)(c1ccccc1)c1noc(C[N+]23CCC(CC2)[C@@H](Oc2ccc(F)cc2)C3)n1. The maximum Gasteiger partial charge on any atom is 0.282 e. The van der Waals surface area contributed by atoms with Crippen LogP contribution in [0, 0.1) is 11.7 Å². The predicted molar refractivity (Wildman–Crippen MR) is 131 cm³/mol. The largest absolute Gasteiger partial charge is 0.484 e. The van der Waals surface area contributed by atoms with Gasteiger partial charge < -0.3 is 18.8 Å². The molecule has 4 heterocycles. The molecule has 184 valence electrons. The van der Waals surface area contributed by atoms with Gasteiger partial charge in [-0.05, 0) is 35.4 Å². The van der Waals surface area contributed by atoms with Gasteiger partial charge in [0.1, 0.15) is 18.1 Å². The fourth-order valence-corrected chi connectivity index (χ4v) is 5.80. The molecule has 4 aromatic rings. The highest BCUT2D eigenvalue weighted by atomic mass is 19.1. The van der Waals surface area contributed by atoms with Gasteiger partial charge in [-0.2, -0.15) is 4.98 Å². The van der Waals surface area contributed by atoms with E-state index in [1.54, 1.807) is 12.1 Å². The van der Waals surface area contributed by atoms with Gasteiger partial charge in [0, 0.05) is 18.8 Å². The van der Waals surface area contributed by atoms with Crippen LogP contribution in [0.2, 0.25) is 0 Å². The quantitative estimate of drug-likeness (QED) is 0.384. The standard InChI is InChI=1S/C29H29FN3O3/c30-24-11-13-25(14-12-24)35-26-19-33(17-15-21(26)16-18-33)20-27-31-28(32-36-27)29(34,22-7-3-1-4-8-22)23-9-5-2-6-10-23/h1-14,21,26,34H,15-20H2/q+1/t21?,26-,33?/m0/s1. The summed E-state index contributed by atoms with van der Waals surface area (Å²) in [5, 5.41) is 16.2. The Bertz CT molecular complexity index is 1260. The number of hydrogen-bond donors (Lipinski definition) is 1. The van der Waals surface area contributed by atoms with E-state index < -0.39 is 5.60 Å². The van der Waals surface area contributed by atoms with Crippen LogP contribution in [0.15, 0.2) is 89.5 Å². The molecule has 7 rings (SSSR count). The highest BCUT2D eigenvalue weighted by Gasteiger charge is 2.48. The zero-order chi connectivity index (χ0) is 24.6. The molecule has 36 heavy (non-hydrogen) atoms. The van der Waals surface area contributed by atoms with Crippen LogP contribution in [0.3, 0.4) is 0 Å². The number of halogens is 1. The molecule has 2 bridgehead atoms. The van der Waals surface area contributed by atoms with Crippen molar-refractivity contribution in [1.29, 1.82) is 0 Å². The fourth-order valence-electron chi connectivity index (χ4n) is 5.80. The van der Waals surface area contributed by atoms with Crippen LogP contribution in [0.4, 0.5) is 4.39 Å². The molecule has 0 saturated carbocycles. The summed E-state index contributed by atoms with van der Waals surface area (Å²) < 4.78 is 26.2. The molecule has 3 saturated heterocycles. The van der Waals surface area contributed by atoms with Crippen LogP contribution in [0.1, 0.15) is 35.7 Å². The Balaban J connectivity index is 1.26. The van der Waals surface area contributed by atoms with Gasteiger partial charge in [0.15, 0.2) is 18.2 Å². The average Bonchev–Trinajstić information content (AvgIpc) is 3.39. The van der Waals surface area contributed by atoms with E-state index in [0.717, 1.165) is 37.0 Å². The molecule has 0 radical (unpaired) electrons. The first kappa shape index (κ1) is 22.9. The van der Waals surface area contributed by atoms with Crippen LogP contribution in [0.25, 0.3) is 0 Å². The summed E-state index contributed by atoms with van der Waals surface area (Å²) >= 11 is 0. The lowest BCUT2D eigenvalue weighted by Crippen LogP contribution is -2.64. The van der Waals surface area contributed by atoms with Gasteiger partial charge >= 0.3 is 0 Å². The molecule has 1 N–H and O–H groups in total. The molecule has 0 aliphatic carbocycles. The zero-order valence-corrected chi connectivity index (χ0v) is 20.0. The molecule has 0 amide bonds. The average molecular weight is 487 g/mol. The van der Waals surface area contributed by atoms with Gasteiger partial charge in [0.25, 0.3) is 5.89 Å². The topological polar surface area (TPSA) is 68.4 Å². The lowest BCUT2D eigenvalue weighted by molar-refractivity contribution is -0.959. The highest BCUT2D eigenvalue weighted by molar-refractivity contribution is 5.42. The Kier molecular flexibility index (Phi) is 5.82. The maximum atomic E-state index is 13.3. The van der Waals surface area contributed by atoms with E-state index in [4.69, 9.17) is 14.2 Å². The molecule has 3 aliphatic rings. The molecule has 0 unspecified atom stereocenters. The summed E-state index contributed by atoms with van der Waals surface area (Å²) in [7, 11) is 0. The highest BCUT2D eigenvalue weighted by Crippen LogP contribution is 2.39. The second kappa shape index (κ2) is 9.15. The lowest BCUT2D eigenvalue weighted by Gasteiger charge is -2.51. The fraction of sp³-hybridized carbons (Fsp3) is 0.310. The maximum absolute atomic E-state index is 13.3. The first-order valence-corrected chi connectivity index (χ1v) is 12.5. The van der Waals surface area contributed by atoms with Crippen molar-refractivity contribution in [3.63, 3.8) is 0 Å². The summed E-state index contributed by atoms with van der Waals surface area (Å²) in [6.45, 7) is 3.46. The summed E-state index contributed by atoms with van der Waals surface area (Å²) in [5.74, 6) is 1.67. The van der Waals surface area contributed by atoms with Crippen molar-refractivity contribution in [3.05, 3.63) is 114 Å². The van der Waals surface area contributed by atoms with E-state index in [2.05, 4.69) is 5.16 Å². The lowest BCUT2D eigenvalue weighted by atomic mass is 9.83. The molecule has 3 fully saturated rings. The third kappa shape index (κ3) is 4.18. The third-order valence-electron chi connectivity index (χ3n) is 7.79. The monoisotopic (exact) mass is 486 g/mol. The third-order valence-corrected chi connectivity index (χ3v) is 7.79. The van der Waals surface area contributed by atoms with Crippen molar-refractivity contribution in [2.45, 2.75) is 31.1 Å². The van der Waals surface area contributed by atoms with Crippen molar-refractivity contribution in [1.82, 2.24) is 10.1 Å². The smallest absolute Gasteiger partial charge is 0.282 e. The zero-order valence-electron chi connectivity index (χ0n) is 20.0. The number of aliphatic hydroxyl groups is 1. The predicted octanol–water partition coefficient (Wildman–Crippen LogP) is 4.68. The minimum absolute atomic E-state index is 0.0610. The molecule has 7 heteroatoms. The number of aromatic nitrogens is 2. The summed E-state index contributed by atoms with van der Waals surface area (Å²) in [6.07, 6.45) is 2.18. The van der Waals surface area contributed by atoms with Crippen LogP contribution in [-0.4, -0.2) is 45.5 Å². The molecule has 3 aliphatic heterocycles. The van der Waals surface area contributed by atoms with Crippen molar-refractivity contribution >= 4 is 0 Å². The Morgan fingerprint density at radius 1 is 0.917 bits per heavy atom. The minimum atomic E-state index is -1.52. The second-order valence-corrected chi connectivity index (χ2v) is 10.0. The Morgan fingerprint density at radius 3 is 2.14 bits per heavy atom. The van der Waals surface area contributed by atoms with E-state index >= 15 is 0 Å². The van der Waals surface area contributed by atoms with Crippen molar-refractivity contribution in [3.8, 4) is 5.75 Å². The van der Waals surface area contributed by atoms with E-state index in [1.807, 2.05) is 60.7 Å².